The molecule has 0 saturated heterocycles. The van der Waals surface area contributed by atoms with Gasteiger partial charge in [-0.3, -0.25) is 0 Å². The van der Waals surface area contributed by atoms with Gasteiger partial charge in [-0.2, -0.15) is 0 Å². The van der Waals surface area contributed by atoms with E-state index in [0.29, 0.717) is 15.4 Å². The summed E-state index contributed by atoms with van der Waals surface area (Å²) >= 11 is 9.57. The smallest absolute Gasteiger partial charge is 0.125 e. The Labute approximate surface area is 137 Å². The molecule has 0 aromatic heterocycles. The van der Waals surface area contributed by atoms with Crippen LogP contribution in [0.25, 0.3) is 0 Å². The van der Waals surface area contributed by atoms with Crippen LogP contribution in [0.1, 0.15) is 42.9 Å². The molecule has 2 aromatic rings. The van der Waals surface area contributed by atoms with Gasteiger partial charge >= 0.3 is 0 Å². The molecular weight excluding hydrogens is 353 g/mol. The normalized spacial score (nSPS) is 21.0. The molecular formula is C17H16BrClFN. The predicted molar refractivity (Wildman–Crippen MR) is 89.6 cm³/mol. The van der Waals surface area contributed by atoms with Crippen molar-refractivity contribution in [1.29, 1.82) is 0 Å². The first-order chi connectivity index (χ1) is 10.1. The van der Waals surface area contributed by atoms with E-state index in [9.17, 15) is 4.39 Å². The first-order valence-corrected chi connectivity index (χ1v) is 8.23. The number of rotatable bonds is 2. The van der Waals surface area contributed by atoms with Crippen LogP contribution >= 0.6 is 27.5 Å². The molecule has 0 radical (unpaired) electrons. The second kappa shape index (κ2) is 5.98. The molecule has 21 heavy (non-hydrogen) atoms. The van der Waals surface area contributed by atoms with E-state index in [1.165, 1.54) is 23.3 Å². The predicted octanol–water partition coefficient (Wildman–Crippen LogP) is 6.29. The van der Waals surface area contributed by atoms with Gasteiger partial charge in [0.25, 0.3) is 0 Å². The Balaban J connectivity index is 1.95. The lowest BCUT2D eigenvalue weighted by Gasteiger charge is -2.31. The van der Waals surface area contributed by atoms with Crippen molar-refractivity contribution in [3.05, 3.63) is 62.8 Å². The molecule has 0 bridgehead atoms. The van der Waals surface area contributed by atoms with Gasteiger partial charge in [-0.15, -0.1) is 0 Å². The van der Waals surface area contributed by atoms with Crippen LogP contribution in [-0.2, 0) is 0 Å². The molecule has 0 amide bonds. The maximum atomic E-state index is 13.3. The molecule has 0 aliphatic heterocycles. The minimum Gasteiger partial charge on any atom is -0.376 e. The quantitative estimate of drug-likeness (QED) is 0.656. The molecule has 1 aliphatic carbocycles. The van der Waals surface area contributed by atoms with Gasteiger partial charge < -0.3 is 5.32 Å². The van der Waals surface area contributed by atoms with Gasteiger partial charge in [-0.05, 0) is 57.9 Å². The van der Waals surface area contributed by atoms with Gasteiger partial charge in [0.2, 0.25) is 0 Å². The van der Waals surface area contributed by atoms with Crippen molar-refractivity contribution in [3.8, 4) is 0 Å². The maximum absolute atomic E-state index is 13.3. The van der Waals surface area contributed by atoms with E-state index in [1.807, 2.05) is 0 Å². The van der Waals surface area contributed by atoms with Crippen molar-refractivity contribution in [2.45, 2.75) is 31.7 Å². The Morgan fingerprint density at radius 2 is 1.90 bits per heavy atom. The third-order valence-electron chi connectivity index (χ3n) is 4.12. The van der Waals surface area contributed by atoms with Gasteiger partial charge in [0.05, 0.1) is 16.8 Å². The summed E-state index contributed by atoms with van der Waals surface area (Å²) in [5.41, 5.74) is 3.45. The number of anilines is 1. The van der Waals surface area contributed by atoms with E-state index >= 15 is 0 Å². The van der Waals surface area contributed by atoms with Gasteiger partial charge in [-0.25, -0.2) is 4.39 Å². The molecule has 1 N–H and O–H groups in total. The number of hydrogen-bond donors (Lipinski definition) is 1. The first kappa shape index (κ1) is 14.9. The van der Waals surface area contributed by atoms with E-state index in [-0.39, 0.29) is 11.9 Å². The van der Waals surface area contributed by atoms with Crippen LogP contribution in [-0.4, -0.2) is 0 Å². The molecule has 0 spiro atoms. The molecule has 1 aliphatic rings. The van der Waals surface area contributed by atoms with Crippen LogP contribution in [0.5, 0.6) is 0 Å². The van der Waals surface area contributed by atoms with E-state index in [2.05, 4.69) is 52.4 Å². The topological polar surface area (TPSA) is 12.0 Å². The number of benzene rings is 2. The molecule has 0 saturated carbocycles. The zero-order valence-corrected chi connectivity index (χ0v) is 14.0. The second-order valence-corrected chi connectivity index (χ2v) is 6.81. The van der Waals surface area contributed by atoms with Crippen molar-refractivity contribution < 1.29 is 4.39 Å². The van der Waals surface area contributed by atoms with Crippen LogP contribution in [0, 0.1) is 5.82 Å². The van der Waals surface area contributed by atoms with Crippen LogP contribution in [0.4, 0.5) is 10.1 Å². The molecule has 2 unspecified atom stereocenters. The Bertz CT molecular complexity index is 651. The third-order valence-corrected chi connectivity index (χ3v) is 5.04. The zero-order valence-electron chi connectivity index (χ0n) is 11.7. The minimum absolute atomic E-state index is 0.205. The van der Waals surface area contributed by atoms with Crippen molar-refractivity contribution in [1.82, 2.24) is 0 Å². The van der Waals surface area contributed by atoms with Gasteiger partial charge in [-0.1, -0.05) is 42.8 Å². The second-order valence-electron chi connectivity index (χ2n) is 5.55. The fourth-order valence-corrected chi connectivity index (χ4v) is 3.93. The summed E-state index contributed by atoms with van der Waals surface area (Å²) in [6.45, 7) is 2.26. The molecule has 2 aromatic carbocycles. The van der Waals surface area contributed by atoms with Gasteiger partial charge in [0.1, 0.15) is 5.82 Å². The van der Waals surface area contributed by atoms with Crippen molar-refractivity contribution >= 4 is 33.2 Å². The van der Waals surface area contributed by atoms with Crippen LogP contribution < -0.4 is 5.32 Å². The Hall–Kier alpha value is -1.06. The summed E-state index contributed by atoms with van der Waals surface area (Å²) in [6, 6.07) is 11.5. The average Bonchev–Trinajstić information content (AvgIpc) is 2.45. The summed E-state index contributed by atoms with van der Waals surface area (Å²) in [7, 11) is 0. The fourth-order valence-electron chi connectivity index (χ4n) is 3.01. The van der Waals surface area contributed by atoms with E-state index in [0.717, 1.165) is 18.5 Å². The average molecular weight is 369 g/mol. The zero-order chi connectivity index (χ0) is 15.0. The maximum Gasteiger partial charge on any atom is 0.125 e. The lowest BCUT2D eigenvalue weighted by molar-refractivity contribution is 0.534. The lowest BCUT2D eigenvalue weighted by Crippen LogP contribution is -2.19. The molecule has 110 valence electrons. The van der Waals surface area contributed by atoms with Crippen molar-refractivity contribution in [2.75, 3.05) is 5.32 Å². The van der Waals surface area contributed by atoms with E-state index in [4.69, 9.17) is 11.6 Å². The summed E-state index contributed by atoms with van der Waals surface area (Å²) in [6.07, 6.45) is 2.17. The number of halogens is 3. The summed E-state index contributed by atoms with van der Waals surface area (Å²) in [5, 5.41) is 3.88. The lowest BCUT2D eigenvalue weighted by atomic mass is 9.81. The highest BCUT2D eigenvalue weighted by atomic mass is 79.9. The Kier molecular flexibility index (Phi) is 4.23. The molecule has 2 atom stereocenters. The van der Waals surface area contributed by atoms with Gasteiger partial charge in [0, 0.05) is 4.47 Å². The molecule has 0 heterocycles. The molecule has 3 rings (SSSR count). The number of hydrogen-bond acceptors (Lipinski definition) is 1. The number of nitrogens with one attached hydrogen (secondary N) is 1. The summed E-state index contributed by atoms with van der Waals surface area (Å²) in [4.78, 5) is 0. The Morgan fingerprint density at radius 1 is 1.19 bits per heavy atom. The highest BCUT2D eigenvalue weighted by Crippen LogP contribution is 2.41. The van der Waals surface area contributed by atoms with Crippen LogP contribution in [0.3, 0.4) is 0 Å². The van der Waals surface area contributed by atoms with Crippen molar-refractivity contribution in [3.63, 3.8) is 0 Å². The van der Waals surface area contributed by atoms with E-state index in [1.54, 1.807) is 0 Å². The first-order valence-electron chi connectivity index (χ1n) is 7.06. The SMILES string of the molecule is CC1CCC(Nc2c(Cl)cc(F)cc2Br)c2ccccc21. The molecule has 4 heteroatoms. The van der Waals surface area contributed by atoms with E-state index < -0.39 is 0 Å². The minimum atomic E-state index is -0.338. The fraction of sp³-hybridized carbons (Fsp3) is 0.294. The summed E-state index contributed by atoms with van der Waals surface area (Å²) < 4.78 is 14.0. The Morgan fingerprint density at radius 3 is 2.62 bits per heavy atom. The molecule has 1 nitrogen and oxygen atoms in total. The largest absolute Gasteiger partial charge is 0.376 e. The van der Waals surface area contributed by atoms with Crippen LogP contribution in [0.15, 0.2) is 40.9 Å². The standard InChI is InChI=1S/C17H16BrClFN/c1-10-6-7-16(13-5-3-2-4-12(10)13)21-17-14(18)8-11(20)9-15(17)19/h2-5,8-10,16,21H,6-7H2,1H3. The third kappa shape index (κ3) is 2.95. The van der Waals surface area contributed by atoms with Gasteiger partial charge in [0.15, 0.2) is 0 Å². The number of fused-ring (bicyclic) bond motifs is 1. The monoisotopic (exact) mass is 367 g/mol. The highest BCUT2D eigenvalue weighted by molar-refractivity contribution is 9.10. The van der Waals surface area contributed by atoms with Crippen LogP contribution in [0.2, 0.25) is 5.02 Å². The summed E-state index contributed by atoms with van der Waals surface area (Å²) in [5.74, 6) is 0.237. The molecule has 0 fully saturated rings. The highest BCUT2D eigenvalue weighted by Gasteiger charge is 2.25. The van der Waals surface area contributed by atoms with Crippen molar-refractivity contribution in [2.24, 2.45) is 0 Å².